The Bertz CT molecular complexity index is 722. The van der Waals surface area contributed by atoms with Crippen molar-refractivity contribution >= 4 is 22.1 Å². The Kier molecular flexibility index (Phi) is 2.59. The Morgan fingerprint density at radius 2 is 1.83 bits per heavy atom. The lowest BCUT2D eigenvalue weighted by Crippen LogP contribution is -2.34. The molecule has 0 saturated carbocycles. The third-order valence-corrected chi connectivity index (χ3v) is 3.21. The summed E-state index contributed by atoms with van der Waals surface area (Å²) in [5.41, 5.74) is 4.17. The number of hydrogen-bond acceptors (Lipinski definition) is 2. The standard InChI is InChI=1S/C15H15N2O/c1-3-17-12-8-5-4-7-11(12)16-15-13(17)9-6-10-14(15)18-2/h4-10H,3H2,1-2H3/q+1. The normalized spacial score (nSPS) is 11.0. The molecule has 0 spiro atoms. The molecule has 0 atom stereocenters. The molecule has 3 rings (SSSR count). The number of nitrogens with zero attached hydrogens (tertiary/aromatic N) is 2. The number of fused-ring (bicyclic) bond motifs is 2. The topological polar surface area (TPSA) is 26.0 Å². The fraction of sp³-hybridized carbons (Fsp3) is 0.200. The predicted molar refractivity (Wildman–Crippen MR) is 71.7 cm³/mol. The monoisotopic (exact) mass is 239 g/mol. The molecule has 0 aliphatic heterocycles. The average molecular weight is 239 g/mol. The molecular formula is C15H15N2O+. The van der Waals surface area contributed by atoms with E-state index >= 15 is 0 Å². The van der Waals surface area contributed by atoms with Crippen LogP contribution in [0.15, 0.2) is 42.5 Å². The number of aryl methyl sites for hydroxylation is 1. The van der Waals surface area contributed by atoms with Crippen LogP contribution in [0.2, 0.25) is 0 Å². The molecular weight excluding hydrogens is 224 g/mol. The second-order valence-corrected chi connectivity index (χ2v) is 4.17. The van der Waals surface area contributed by atoms with Crippen LogP contribution in [-0.2, 0) is 6.54 Å². The number of methoxy groups -OCH3 is 1. The zero-order valence-corrected chi connectivity index (χ0v) is 10.6. The van der Waals surface area contributed by atoms with E-state index in [0.29, 0.717) is 0 Å². The average Bonchev–Trinajstić information content (AvgIpc) is 2.44. The summed E-state index contributed by atoms with van der Waals surface area (Å²) in [6, 6.07) is 14.2. The summed E-state index contributed by atoms with van der Waals surface area (Å²) >= 11 is 0. The summed E-state index contributed by atoms with van der Waals surface area (Å²) in [5.74, 6) is 0.820. The van der Waals surface area contributed by atoms with E-state index < -0.39 is 0 Å². The highest BCUT2D eigenvalue weighted by Crippen LogP contribution is 2.23. The van der Waals surface area contributed by atoms with Gasteiger partial charge in [-0.1, -0.05) is 18.2 Å². The third kappa shape index (κ3) is 1.51. The van der Waals surface area contributed by atoms with Gasteiger partial charge in [0.2, 0.25) is 11.0 Å². The fourth-order valence-corrected chi connectivity index (χ4v) is 2.38. The number of rotatable bonds is 2. The Balaban J connectivity index is 2.53. The number of para-hydroxylation sites is 3. The fourth-order valence-electron chi connectivity index (χ4n) is 2.38. The van der Waals surface area contributed by atoms with Crippen molar-refractivity contribution in [3.8, 4) is 5.75 Å². The number of benzene rings is 2. The molecule has 2 aromatic carbocycles. The summed E-state index contributed by atoms with van der Waals surface area (Å²) in [6.07, 6.45) is 0. The SMILES string of the molecule is CC[n+]1c2ccccc2nc2c(OC)cccc21. The molecule has 0 N–H and O–H groups in total. The maximum absolute atomic E-state index is 5.40. The van der Waals surface area contributed by atoms with Gasteiger partial charge in [0.05, 0.1) is 7.11 Å². The molecule has 0 aliphatic carbocycles. The minimum Gasteiger partial charge on any atom is -0.494 e. The van der Waals surface area contributed by atoms with Crippen molar-refractivity contribution in [2.75, 3.05) is 7.11 Å². The van der Waals surface area contributed by atoms with Gasteiger partial charge in [0.1, 0.15) is 12.1 Å². The second kappa shape index (κ2) is 4.26. The molecule has 3 heteroatoms. The lowest BCUT2D eigenvalue weighted by Gasteiger charge is -2.06. The van der Waals surface area contributed by atoms with Crippen molar-refractivity contribution in [3.05, 3.63) is 42.5 Å². The number of ether oxygens (including phenoxy) is 1. The third-order valence-electron chi connectivity index (χ3n) is 3.21. The Labute approximate surface area is 106 Å². The van der Waals surface area contributed by atoms with Gasteiger partial charge in [-0.15, -0.1) is 0 Å². The number of aromatic nitrogens is 2. The minimum atomic E-state index is 0.820. The zero-order chi connectivity index (χ0) is 12.5. The van der Waals surface area contributed by atoms with Gasteiger partial charge in [0, 0.05) is 12.1 Å². The molecule has 0 aliphatic rings. The van der Waals surface area contributed by atoms with Crippen molar-refractivity contribution in [1.29, 1.82) is 0 Å². The van der Waals surface area contributed by atoms with E-state index in [4.69, 9.17) is 9.72 Å². The predicted octanol–water partition coefficient (Wildman–Crippen LogP) is 2.70. The summed E-state index contributed by atoms with van der Waals surface area (Å²) in [6.45, 7) is 3.05. The van der Waals surface area contributed by atoms with Gasteiger partial charge in [-0.2, -0.15) is 4.57 Å². The maximum atomic E-state index is 5.40. The molecule has 90 valence electrons. The molecule has 1 aromatic heterocycles. The first kappa shape index (κ1) is 11.0. The molecule has 3 aromatic rings. The van der Waals surface area contributed by atoms with Crippen LogP contribution in [-0.4, -0.2) is 12.1 Å². The number of hydrogen-bond donors (Lipinski definition) is 0. The van der Waals surface area contributed by atoms with Gasteiger partial charge >= 0.3 is 0 Å². The van der Waals surface area contributed by atoms with Crippen molar-refractivity contribution in [1.82, 2.24) is 4.98 Å². The van der Waals surface area contributed by atoms with Crippen molar-refractivity contribution in [3.63, 3.8) is 0 Å². The van der Waals surface area contributed by atoms with Gasteiger partial charge in [0.25, 0.3) is 0 Å². The van der Waals surface area contributed by atoms with Gasteiger partial charge < -0.3 is 4.74 Å². The van der Waals surface area contributed by atoms with Gasteiger partial charge in [-0.3, -0.25) is 0 Å². The van der Waals surface area contributed by atoms with Crippen LogP contribution in [0, 0.1) is 0 Å². The summed E-state index contributed by atoms with van der Waals surface area (Å²) in [4.78, 5) is 4.71. The van der Waals surface area contributed by atoms with Gasteiger partial charge in [-0.25, -0.2) is 4.98 Å². The maximum Gasteiger partial charge on any atom is 0.235 e. The molecule has 0 bridgehead atoms. The summed E-state index contributed by atoms with van der Waals surface area (Å²) in [7, 11) is 1.68. The molecule has 0 amide bonds. The largest absolute Gasteiger partial charge is 0.494 e. The van der Waals surface area contributed by atoms with Crippen molar-refractivity contribution in [2.24, 2.45) is 0 Å². The molecule has 0 radical (unpaired) electrons. The van der Waals surface area contributed by atoms with Crippen LogP contribution in [0.5, 0.6) is 5.75 Å². The van der Waals surface area contributed by atoms with E-state index in [0.717, 1.165) is 34.4 Å². The Morgan fingerprint density at radius 1 is 1.06 bits per heavy atom. The summed E-state index contributed by atoms with van der Waals surface area (Å²) in [5, 5.41) is 0. The van der Waals surface area contributed by atoms with Crippen LogP contribution in [0.3, 0.4) is 0 Å². The lowest BCUT2D eigenvalue weighted by atomic mass is 10.2. The molecule has 18 heavy (non-hydrogen) atoms. The van der Waals surface area contributed by atoms with Crippen LogP contribution in [0.1, 0.15) is 6.92 Å². The lowest BCUT2D eigenvalue weighted by molar-refractivity contribution is -0.641. The van der Waals surface area contributed by atoms with Crippen LogP contribution in [0.4, 0.5) is 0 Å². The molecule has 0 unspecified atom stereocenters. The molecule has 1 heterocycles. The van der Waals surface area contributed by atoms with Crippen LogP contribution >= 0.6 is 0 Å². The molecule has 0 fully saturated rings. The van der Waals surface area contributed by atoms with Crippen molar-refractivity contribution in [2.45, 2.75) is 13.5 Å². The first-order valence-corrected chi connectivity index (χ1v) is 6.10. The molecule has 3 nitrogen and oxygen atoms in total. The van der Waals surface area contributed by atoms with Gasteiger partial charge in [-0.05, 0) is 19.1 Å². The van der Waals surface area contributed by atoms with Gasteiger partial charge in [0.15, 0.2) is 11.3 Å². The van der Waals surface area contributed by atoms with E-state index in [1.807, 2.05) is 30.3 Å². The highest BCUT2D eigenvalue weighted by molar-refractivity contribution is 5.85. The zero-order valence-electron chi connectivity index (χ0n) is 10.6. The quantitative estimate of drug-likeness (QED) is 0.507. The highest BCUT2D eigenvalue weighted by Gasteiger charge is 2.16. The van der Waals surface area contributed by atoms with E-state index in [2.05, 4.69) is 23.6 Å². The van der Waals surface area contributed by atoms with Crippen LogP contribution in [0.25, 0.3) is 22.1 Å². The first-order valence-electron chi connectivity index (χ1n) is 6.10. The van der Waals surface area contributed by atoms with E-state index in [-0.39, 0.29) is 0 Å². The summed E-state index contributed by atoms with van der Waals surface area (Å²) < 4.78 is 7.66. The minimum absolute atomic E-state index is 0.820. The highest BCUT2D eigenvalue weighted by atomic mass is 16.5. The van der Waals surface area contributed by atoms with E-state index in [1.165, 1.54) is 0 Å². The second-order valence-electron chi connectivity index (χ2n) is 4.17. The Morgan fingerprint density at radius 3 is 2.61 bits per heavy atom. The smallest absolute Gasteiger partial charge is 0.235 e. The van der Waals surface area contributed by atoms with Crippen LogP contribution < -0.4 is 9.30 Å². The Hall–Kier alpha value is -2.16. The molecule has 0 saturated heterocycles. The van der Waals surface area contributed by atoms with E-state index in [9.17, 15) is 0 Å². The van der Waals surface area contributed by atoms with E-state index in [1.54, 1.807) is 7.11 Å². The van der Waals surface area contributed by atoms with Crippen molar-refractivity contribution < 1.29 is 9.30 Å². The first-order chi connectivity index (χ1) is 8.85.